The highest BCUT2D eigenvalue weighted by molar-refractivity contribution is 5.71. The van der Waals surface area contributed by atoms with E-state index in [1.807, 2.05) is 31.8 Å². The highest BCUT2D eigenvalue weighted by atomic mass is 16.5. The van der Waals surface area contributed by atoms with Crippen LogP contribution < -0.4 is 0 Å². The molecule has 0 saturated heterocycles. The molecule has 0 spiro atoms. The van der Waals surface area contributed by atoms with Gasteiger partial charge in [0.1, 0.15) is 0 Å². The first-order chi connectivity index (χ1) is 7.06. The largest absolute Gasteiger partial charge is 0.469 e. The molecule has 1 rings (SSSR count). The molecule has 0 aliphatic heterocycles. The first-order valence-corrected chi connectivity index (χ1v) is 5.11. The summed E-state index contributed by atoms with van der Waals surface area (Å²) < 4.78 is 6.52. The van der Waals surface area contributed by atoms with Crippen LogP contribution in [0.4, 0.5) is 0 Å². The minimum Gasteiger partial charge on any atom is -0.469 e. The predicted molar refractivity (Wildman–Crippen MR) is 57.4 cm³/mol. The van der Waals surface area contributed by atoms with Gasteiger partial charge in [0.25, 0.3) is 0 Å². The van der Waals surface area contributed by atoms with E-state index in [1.165, 1.54) is 12.7 Å². The Morgan fingerprint density at radius 3 is 2.80 bits per heavy atom. The predicted octanol–water partition coefficient (Wildman–Crippen LogP) is 1.47. The molecule has 0 fully saturated rings. The zero-order valence-electron chi connectivity index (χ0n) is 9.78. The van der Waals surface area contributed by atoms with Gasteiger partial charge < -0.3 is 4.74 Å². The molecule has 1 heterocycles. The summed E-state index contributed by atoms with van der Waals surface area (Å²) in [6, 6.07) is 0. The maximum Gasteiger partial charge on any atom is 0.308 e. The van der Waals surface area contributed by atoms with Crippen LogP contribution in [0, 0.1) is 12.8 Å². The van der Waals surface area contributed by atoms with Gasteiger partial charge in [-0.05, 0) is 25.3 Å². The number of nitrogens with zero attached hydrogens (tertiary/aromatic N) is 2. The van der Waals surface area contributed by atoms with Crippen LogP contribution in [0.25, 0.3) is 0 Å². The number of ether oxygens (including phenoxy) is 1. The fourth-order valence-corrected chi connectivity index (χ4v) is 1.48. The first-order valence-electron chi connectivity index (χ1n) is 5.11. The van der Waals surface area contributed by atoms with E-state index in [0.717, 1.165) is 18.5 Å². The summed E-state index contributed by atoms with van der Waals surface area (Å²) in [7, 11) is 3.34. The topological polar surface area (TPSA) is 44.1 Å². The highest BCUT2D eigenvalue weighted by Crippen LogP contribution is 2.13. The average molecular weight is 210 g/mol. The molecule has 84 valence electrons. The maximum atomic E-state index is 11.2. The van der Waals surface area contributed by atoms with Crippen LogP contribution in [0.3, 0.4) is 0 Å². The van der Waals surface area contributed by atoms with Crippen LogP contribution >= 0.6 is 0 Å². The SMILES string of the molecule is COC(=O)C(C)CCc1cnn(C)c1C. The Balaban J connectivity index is 2.50. The maximum absolute atomic E-state index is 11.2. The smallest absolute Gasteiger partial charge is 0.308 e. The lowest BCUT2D eigenvalue weighted by Gasteiger charge is -2.08. The fourth-order valence-electron chi connectivity index (χ4n) is 1.48. The number of hydrogen-bond acceptors (Lipinski definition) is 3. The third-order valence-corrected chi connectivity index (χ3v) is 2.79. The number of hydrogen-bond donors (Lipinski definition) is 0. The van der Waals surface area contributed by atoms with E-state index in [2.05, 4.69) is 9.84 Å². The molecular formula is C11H18N2O2. The second-order valence-corrected chi connectivity index (χ2v) is 3.84. The van der Waals surface area contributed by atoms with Crippen LogP contribution in [0.1, 0.15) is 24.6 Å². The Bertz CT molecular complexity index is 344. The molecule has 0 bridgehead atoms. The highest BCUT2D eigenvalue weighted by Gasteiger charge is 2.14. The van der Waals surface area contributed by atoms with Gasteiger partial charge in [-0.2, -0.15) is 5.10 Å². The van der Waals surface area contributed by atoms with Gasteiger partial charge in [-0.1, -0.05) is 6.92 Å². The molecule has 4 nitrogen and oxygen atoms in total. The van der Waals surface area contributed by atoms with Crippen molar-refractivity contribution in [3.05, 3.63) is 17.5 Å². The summed E-state index contributed by atoms with van der Waals surface area (Å²) in [5.41, 5.74) is 2.36. The van der Waals surface area contributed by atoms with E-state index >= 15 is 0 Å². The molecule has 0 aliphatic rings. The normalized spacial score (nSPS) is 12.5. The third-order valence-electron chi connectivity index (χ3n) is 2.79. The van der Waals surface area contributed by atoms with Gasteiger partial charge in [0.05, 0.1) is 19.2 Å². The monoisotopic (exact) mass is 210 g/mol. The van der Waals surface area contributed by atoms with Crippen LogP contribution in [0.2, 0.25) is 0 Å². The summed E-state index contributed by atoms with van der Waals surface area (Å²) in [5.74, 6) is -0.189. The minimum atomic E-state index is -0.142. The second kappa shape index (κ2) is 4.96. The molecule has 1 aromatic heterocycles. The molecule has 0 amide bonds. The molecule has 0 aromatic carbocycles. The Morgan fingerprint density at radius 2 is 2.33 bits per heavy atom. The van der Waals surface area contributed by atoms with E-state index in [0.29, 0.717) is 0 Å². The van der Waals surface area contributed by atoms with E-state index in [9.17, 15) is 4.79 Å². The Morgan fingerprint density at radius 1 is 1.67 bits per heavy atom. The number of carbonyl (C=O) groups excluding carboxylic acids is 1. The van der Waals surface area contributed by atoms with Gasteiger partial charge in [-0.3, -0.25) is 9.48 Å². The Kier molecular flexibility index (Phi) is 3.88. The molecule has 0 radical (unpaired) electrons. The lowest BCUT2D eigenvalue weighted by Crippen LogP contribution is -2.13. The van der Waals surface area contributed by atoms with Crippen molar-refractivity contribution >= 4 is 5.97 Å². The summed E-state index contributed by atoms with van der Waals surface area (Å²) in [4.78, 5) is 11.2. The number of aryl methyl sites for hydroxylation is 2. The molecule has 15 heavy (non-hydrogen) atoms. The summed E-state index contributed by atoms with van der Waals surface area (Å²) in [6.45, 7) is 3.92. The Hall–Kier alpha value is -1.32. The van der Waals surface area contributed by atoms with Crippen molar-refractivity contribution in [2.45, 2.75) is 26.7 Å². The quantitative estimate of drug-likeness (QED) is 0.707. The van der Waals surface area contributed by atoms with E-state index in [1.54, 1.807) is 0 Å². The lowest BCUT2D eigenvalue weighted by molar-refractivity contribution is -0.145. The van der Waals surface area contributed by atoms with Gasteiger partial charge in [0, 0.05) is 12.7 Å². The molecule has 1 aromatic rings. The third kappa shape index (κ3) is 2.81. The molecule has 0 saturated carbocycles. The van der Waals surface area contributed by atoms with Crippen LogP contribution in [0.5, 0.6) is 0 Å². The van der Waals surface area contributed by atoms with E-state index < -0.39 is 0 Å². The number of esters is 1. The summed E-state index contributed by atoms with van der Waals surface area (Å²) in [5, 5.41) is 4.16. The molecule has 4 heteroatoms. The second-order valence-electron chi connectivity index (χ2n) is 3.84. The Labute approximate surface area is 90.2 Å². The van der Waals surface area contributed by atoms with Gasteiger partial charge in [-0.25, -0.2) is 0 Å². The summed E-state index contributed by atoms with van der Waals surface area (Å²) >= 11 is 0. The average Bonchev–Trinajstić information content (AvgIpc) is 2.55. The van der Waals surface area contributed by atoms with Crippen LogP contribution in [-0.2, 0) is 23.0 Å². The molecule has 0 aliphatic carbocycles. The minimum absolute atomic E-state index is 0.0467. The van der Waals surface area contributed by atoms with Crippen molar-refractivity contribution < 1.29 is 9.53 Å². The zero-order valence-corrected chi connectivity index (χ0v) is 9.78. The molecular weight excluding hydrogens is 192 g/mol. The van der Waals surface area contributed by atoms with Crippen molar-refractivity contribution in [2.24, 2.45) is 13.0 Å². The van der Waals surface area contributed by atoms with Gasteiger partial charge in [0.2, 0.25) is 0 Å². The molecule has 0 N–H and O–H groups in total. The zero-order chi connectivity index (χ0) is 11.4. The van der Waals surface area contributed by atoms with Crippen molar-refractivity contribution in [1.82, 2.24) is 9.78 Å². The number of rotatable bonds is 4. The van der Waals surface area contributed by atoms with Crippen molar-refractivity contribution in [2.75, 3.05) is 7.11 Å². The molecule has 1 atom stereocenters. The van der Waals surface area contributed by atoms with Crippen LogP contribution in [0.15, 0.2) is 6.20 Å². The van der Waals surface area contributed by atoms with Gasteiger partial charge >= 0.3 is 5.97 Å². The summed E-state index contributed by atoms with van der Waals surface area (Å²) in [6.07, 6.45) is 3.54. The van der Waals surface area contributed by atoms with Crippen molar-refractivity contribution in [3.63, 3.8) is 0 Å². The van der Waals surface area contributed by atoms with Crippen molar-refractivity contribution in [3.8, 4) is 0 Å². The standard InChI is InChI=1S/C11H18N2O2/c1-8(11(14)15-4)5-6-10-7-12-13(3)9(10)2/h7-8H,5-6H2,1-4H3. The number of methoxy groups -OCH3 is 1. The number of carbonyl (C=O) groups is 1. The van der Waals surface area contributed by atoms with Crippen LogP contribution in [-0.4, -0.2) is 22.9 Å². The first kappa shape index (κ1) is 11.8. The van der Waals surface area contributed by atoms with Gasteiger partial charge in [0.15, 0.2) is 0 Å². The fraction of sp³-hybridized carbons (Fsp3) is 0.636. The molecule has 1 unspecified atom stereocenters. The van der Waals surface area contributed by atoms with Gasteiger partial charge in [-0.15, -0.1) is 0 Å². The number of aromatic nitrogens is 2. The van der Waals surface area contributed by atoms with E-state index in [-0.39, 0.29) is 11.9 Å². The van der Waals surface area contributed by atoms with E-state index in [4.69, 9.17) is 0 Å². The lowest BCUT2D eigenvalue weighted by atomic mass is 10.0. The van der Waals surface area contributed by atoms with Crippen molar-refractivity contribution in [1.29, 1.82) is 0 Å².